The minimum absolute atomic E-state index is 0.00692. The van der Waals surface area contributed by atoms with E-state index in [-0.39, 0.29) is 29.7 Å². The summed E-state index contributed by atoms with van der Waals surface area (Å²) in [7, 11) is 0. The van der Waals surface area contributed by atoms with Crippen molar-refractivity contribution in [1.82, 2.24) is 4.90 Å². The lowest BCUT2D eigenvalue weighted by molar-refractivity contribution is -0.120. The van der Waals surface area contributed by atoms with Gasteiger partial charge >= 0.3 is 0 Å². The van der Waals surface area contributed by atoms with Crippen molar-refractivity contribution >= 4 is 23.3 Å². The van der Waals surface area contributed by atoms with Gasteiger partial charge in [0.25, 0.3) is 0 Å². The Morgan fingerprint density at radius 1 is 1.13 bits per heavy atom. The lowest BCUT2D eigenvalue weighted by Gasteiger charge is -2.22. The van der Waals surface area contributed by atoms with Crippen LogP contribution in [0.25, 0.3) is 0 Å². The van der Waals surface area contributed by atoms with Crippen molar-refractivity contribution in [3.8, 4) is 5.75 Å². The van der Waals surface area contributed by atoms with Gasteiger partial charge in [0.2, 0.25) is 5.91 Å². The summed E-state index contributed by atoms with van der Waals surface area (Å²) in [6.45, 7) is 3.54. The van der Waals surface area contributed by atoms with E-state index in [1.54, 1.807) is 42.5 Å². The number of likely N-dealkylation sites (tertiary alicyclic amines) is 1. The van der Waals surface area contributed by atoms with E-state index in [2.05, 4.69) is 17.1 Å². The van der Waals surface area contributed by atoms with Crippen LogP contribution in [0.15, 0.2) is 48.5 Å². The van der Waals surface area contributed by atoms with Crippen LogP contribution in [0.5, 0.6) is 5.75 Å². The van der Waals surface area contributed by atoms with E-state index in [1.807, 2.05) is 6.07 Å². The second-order valence-corrected chi connectivity index (χ2v) is 7.41. The van der Waals surface area contributed by atoms with Crippen molar-refractivity contribution in [2.24, 2.45) is 11.5 Å². The molecule has 0 unspecified atom stereocenters. The molecule has 30 heavy (non-hydrogen) atoms. The van der Waals surface area contributed by atoms with Crippen LogP contribution in [-0.4, -0.2) is 47.7 Å². The van der Waals surface area contributed by atoms with E-state index < -0.39 is 0 Å². The summed E-state index contributed by atoms with van der Waals surface area (Å²) in [5.74, 6) is 0.548. The van der Waals surface area contributed by atoms with Crippen molar-refractivity contribution in [1.29, 1.82) is 10.8 Å². The highest BCUT2D eigenvalue weighted by Gasteiger charge is 2.37. The third-order valence-corrected chi connectivity index (χ3v) is 5.09. The highest BCUT2D eigenvalue weighted by molar-refractivity contribution is 5.97. The summed E-state index contributed by atoms with van der Waals surface area (Å²) in [6, 6.07) is 13.8. The molecule has 0 aromatic heterocycles. The maximum Gasteiger partial charge on any atom is 0.241 e. The molecule has 1 aliphatic heterocycles. The van der Waals surface area contributed by atoms with E-state index in [0.29, 0.717) is 35.5 Å². The Hall–Kier alpha value is -3.39. The number of benzene rings is 2. The molecule has 8 heteroatoms. The summed E-state index contributed by atoms with van der Waals surface area (Å²) in [6.07, 6.45) is 1.38. The Bertz CT molecular complexity index is 927. The molecular weight excluding hydrogens is 380 g/mol. The highest BCUT2D eigenvalue weighted by atomic mass is 16.5. The first-order valence-electron chi connectivity index (χ1n) is 9.98. The molecule has 0 bridgehead atoms. The molecule has 1 saturated heterocycles. The van der Waals surface area contributed by atoms with Gasteiger partial charge < -0.3 is 21.5 Å². The quantitative estimate of drug-likeness (QED) is 0.336. The van der Waals surface area contributed by atoms with Crippen LogP contribution in [-0.2, 0) is 4.79 Å². The normalized spacial score (nSPS) is 18.7. The Balaban J connectivity index is 1.67. The molecule has 2 aromatic carbocycles. The van der Waals surface area contributed by atoms with Gasteiger partial charge in [-0.1, -0.05) is 19.1 Å². The summed E-state index contributed by atoms with van der Waals surface area (Å²) in [5.41, 5.74) is 12.9. The van der Waals surface area contributed by atoms with Gasteiger partial charge in [-0.15, -0.1) is 0 Å². The first-order chi connectivity index (χ1) is 14.4. The first kappa shape index (κ1) is 21.3. The van der Waals surface area contributed by atoms with Gasteiger partial charge in [0, 0.05) is 29.8 Å². The molecule has 1 fully saturated rings. The summed E-state index contributed by atoms with van der Waals surface area (Å²) >= 11 is 0. The van der Waals surface area contributed by atoms with Crippen LogP contribution in [0.3, 0.4) is 0 Å². The molecule has 2 atom stereocenters. The molecule has 7 N–H and O–H groups in total. The number of rotatable bonds is 8. The van der Waals surface area contributed by atoms with Crippen LogP contribution in [0.2, 0.25) is 0 Å². The predicted octanol–water partition coefficient (Wildman–Crippen LogP) is 2.13. The van der Waals surface area contributed by atoms with Gasteiger partial charge in [-0.25, -0.2) is 0 Å². The average molecular weight is 409 g/mol. The van der Waals surface area contributed by atoms with Gasteiger partial charge in [0.15, 0.2) is 0 Å². The monoisotopic (exact) mass is 408 g/mol. The zero-order valence-corrected chi connectivity index (χ0v) is 17.0. The van der Waals surface area contributed by atoms with Gasteiger partial charge in [0.05, 0.1) is 6.04 Å². The third-order valence-electron chi connectivity index (χ3n) is 5.09. The van der Waals surface area contributed by atoms with Crippen LogP contribution in [0, 0.1) is 10.8 Å². The zero-order chi connectivity index (χ0) is 21.7. The minimum Gasteiger partial charge on any atom is -0.489 e. The van der Waals surface area contributed by atoms with E-state index in [1.165, 1.54) is 0 Å². The van der Waals surface area contributed by atoms with Crippen molar-refractivity contribution < 1.29 is 9.53 Å². The lowest BCUT2D eigenvalue weighted by Crippen LogP contribution is -2.40. The second-order valence-electron chi connectivity index (χ2n) is 7.41. The summed E-state index contributed by atoms with van der Waals surface area (Å²) < 4.78 is 6.10. The predicted molar refractivity (Wildman–Crippen MR) is 118 cm³/mol. The standard InChI is InChI=1S/C22H28N6O2/c1-2-10-28-13-18(30-17-5-3-4-15(11-17)21(25)26)12-19(28)22(29)27-16-8-6-14(7-9-16)20(23)24/h3-9,11,18-19H,2,10,12-13H2,1H3,(H3,23,24)(H3,25,26)(H,27,29)/t18-,19+/m1/s1. The molecule has 158 valence electrons. The van der Waals surface area contributed by atoms with Crippen molar-refractivity contribution in [3.63, 3.8) is 0 Å². The molecule has 8 nitrogen and oxygen atoms in total. The largest absolute Gasteiger partial charge is 0.489 e. The van der Waals surface area contributed by atoms with E-state index in [0.717, 1.165) is 13.0 Å². The smallest absolute Gasteiger partial charge is 0.241 e. The number of nitrogens with two attached hydrogens (primary N) is 2. The fourth-order valence-corrected chi connectivity index (χ4v) is 3.64. The number of ether oxygens (including phenoxy) is 1. The second kappa shape index (κ2) is 9.41. The van der Waals surface area contributed by atoms with Crippen LogP contribution < -0.4 is 21.5 Å². The maximum atomic E-state index is 12.9. The molecule has 3 rings (SSSR count). The molecular formula is C22H28N6O2. The minimum atomic E-state index is -0.293. The number of carbonyl (C=O) groups excluding carboxylic acids is 1. The number of hydrogen-bond donors (Lipinski definition) is 5. The third kappa shape index (κ3) is 5.15. The molecule has 2 aromatic rings. The molecule has 1 heterocycles. The summed E-state index contributed by atoms with van der Waals surface area (Å²) in [5, 5.41) is 18.0. The van der Waals surface area contributed by atoms with Gasteiger partial charge in [0.1, 0.15) is 23.5 Å². The molecule has 1 amide bonds. The molecule has 0 spiro atoms. The molecule has 0 radical (unpaired) electrons. The maximum absolute atomic E-state index is 12.9. The van der Waals surface area contributed by atoms with E-state index >= 15 is 0 Å². The van der Waals surface area contributed by atoms with E-state index in [4.69, 9.17) is 27.0 Å². The van der Waals surface area contributed by atoms with Gasteiger partial charge in [-0.05, 0) is 49.4 Å². The number of nitrogens with zero attached hydrogens (tertiary/aromatic N) is 1. The fourth-order valence-electron chi connectivity index (χ4n) is 3.64. The van der Waals surface area contributed by atoms with Crippen molar-refractivity contribution in [3.05, 3.63) is 59.7 Å². The van der Waals surface area contributed by atoms with Crippen molar-refractivity contribution in [2.45, 2.75) is 31.9 Å². The number of hydrogen-bond acceptors (Lipinski definition) is 5. The first-order valence-corrected chi connectivity index (χ1v) is 9.98. The van der Waals surface area contributed by atoms with Gasteiger partial charge in [-0.2, -0.15) is 0 Å². The van der Waals surface area contributed by atoms with Crippen LogP contribution >= 0.6 is 0 Å². The Morgan fingerprint density at radius 3 is 2.47 bits per heavy atom. The average Bonchev–Trinajstić information content (AvgIpc) is 3.11. The Kier molecular flexibility index (Phi) is 6.68. The molecule has 1 aliphatic rings. The number of nitrogens with one attached hydrogen (secondary N) is 3. The molecule has 0 aliphatic carbocycles. The van der Waals surface area contributed by atoms with E-state index in [9.17, 15) is 4.79 Å². The Labute approximate surface area is 176 Å². The van der Waals surface area contributed by atoms with Gasteiger partial charge in [-0.3, -0.25) is 20.5 Å². The molecule has 0 saturated carbocycles. The lowest BCUT2D eigenvalue weighted by atomic mass is 10.1. The number of anilines is 1. The topological polar surface area (TPSA) is 141 Å². The van der Waals surface area contributed by atoms with Crippen LogP contribution in [0.1, 0.15) is 30.9 Å². The number of carbonyl (C=O) groups is 1. The SMILES string of the molecule is CCCN1C[C@H](Oc2cccc(C(=N)N)c2)C[C@H]1C(=O)Nc1ccc(C(=N)N)cc1. The van der Waals surface area contributed by atoms with Crippen molar-refractivity contribution in [2.75, 3.05) is 18.4 Å². The summed E-state index contributed by atoms with van der Waals surface area (Å²) in [4.78, 5) is 15.1. The van der Waals surface area contributed by atoms with Crippen LogP contribution in [0.4, 0.5) is 5.69 Å². The Morgan fingerprint density at radius 2 is 1.83 bits per heavy atom. The highest BCUT2D eigenvalue weighted by Crippen LogP contribution is 2.25. The fraction of sp³-hybridized carbons (Fsp3) is 0.318. The number of amidine groups is 2. The number of amides is 1. The number of nitrogen functional groups attached to an aromatic ring is 2. The zero-order valence-electron chi connectivity index (χ0n) is 17.0.